The summed E-state index contributed by atoms with van der Waals surface area (Å²) in [5, 5.41) is 3.71. The molecule has 23 heavy (non-hydrogen) atoms. The van der Waals surface area contributed by atoms with Crippen LogP contribution in [0.3, 0.4) is 0 Å². The van der Waals surface area contributed by atoms with Gasteiger partial charge in [-0.1, -0.05) is 27.7 Å². The molecule has 2 aliphatic rings. The Kier molecular flexibility index (Phi) is 3.82. The predicted molar refractivity (Wildman–Crippen MR) is 92.0 cm³/mol. The van der Waals surface area contributed by atoms with E-state index in [2.05, 4.69) is 33.0 Å². The van der Waals surface area contributed by atoms with Gasteiger partial charge in [0.05, 0.1) is 12.7 Å². The van der Waals surface area contributed by atoms with Gasteiger partial charge in [-0.25, -0.2) is 4.79 Å². The van der Waals surface area contributed by atoms with E-state index in [0.717, 1.165) is 31.2 Å². The summed E-state index contributed by atoms with van der Waals surface area (Å²) in [6.07, 6.45) is 4.11. The van der Waals surface area contributed by atoms with Gasteiger partial charge in [0.1, 0.15) is 5.00 Å². The van der Waals surface area contributed by atoms with Crippen LogP contribution in [0.2, 0.25) is 0 Å². The second-order valence-electron chi connectivity index (χ2n) is 7.77. The van der Waals surface area contributed by atoms with Crippen LogP contribution in [0.15, 0.2) is 0 Å². The van der Waals surface area contributed by atoms with Crippen molar-refractivity contribution < 1.29 is 14.3 Å². The fourth-order valence-corrected chi connectivity index (χ4v) is 5.29. The van der Waals surface area contributed by atoms with Crippen molar-refractivity contribution in [3.63, 3.8) is 0 Å². The van der Waals surface area contributed by atoms with Gasteiger partial charge >= 0.3 is 5.97 Å². The molecule has 2 aliphatic carbocycles. The van der Waals surface area contributed by atoms with E-state index in [1.807, 2.05) is 0 Å². The van der Waals surface area contributed by atoms with E-state index in [1.165, 1.54) is 12.0 Å². The highest BCUT2D eigenvalue weighted by atomic mass is 32.1. The molecular weight excluding hydrogens is 310 g/mol. The highest BCUT2D eigenvalue weighted by molar-refractivity contribution is 7.17. The van der Waals surface area contributed by atoms with Gasteiger partial charge in [-0.3, -0.25) is 4.79 Å². The van der Waals surface area contributed by atoms with Crippen LogP contribution in [0.4, 0.5) is 5.00 Å². The van der Waals surface area contributed by atoms with Crippen LogP contribution < -0.4 is 5.32 Å². The molecule has 1 saturated carbocycles. The lowest BCUT2D eigenvalue weighted by molar-refractivity contribution is -0.118. The molecule has 0 saturated heterocycles. The standard InChI is InChI=1S/C18H25NO3S/c1-17(2)13(18(17,3)4)14(20)19-15-12(16(21)22-5)10-8-6-7-9-11(10)23-15/h13H,6-9H2,1-5H3,(H,19,20). The number of hydrogen-bond donors (Lipinski definition) is 1. The van der Waals surface area contributed by atoms with Crippen molar-refractivity contribution in [2.45, 2.75) is 53.4 Å². The molecule has 1 N–H and O–H groups in total. The number of ether oxygens (including phenoxy) is 1. The van der Waals surface area contributed by atoms with Gasteiger partial charge in [-0.15, -0.1) is 11.3 Å². The summed E-state index contributed by atoms with van der Waals surface area (Å²) >= 11 is 1.55. The van der Waals surface area contributed by atoms with Crippen LogP contribution in [-0.4, -0.2) is 19.0 Å². The van der Waals surface area contributed by atoms with Crippen molar-refractivity contribution in [2.24, 2.45) is 16.7 Å². The first-order chi connectivity index (χ1) is 10.7. The number of rotatable bonds is 3. The first-order valence-electron chi connectivity index (χ1n) is 8.25. The molecule has 1 fully saturated rings. The van der Waals surface area contributed by atoms with Gasteiger partial charge in [0.25, 0.3) is 0 Å². The predicted octanol–water partition coefficient (Wildman–Crippen LogP) is 4.03. The minimum absolute atomic E-state index is 0.0145. The number of carbonyl (C=O) groups excluding carboxylic acids is 2. The summed E-state index contributed by atoms with van der Waals surface area (Å²) in [5.74, 6) is -0.350. The van der Waals surface area contributed by atoms with E-state index >= 15 is 0 Å². The average Bonchev–Trinajstić information content (AvgIpc) is 2.77. The third-order valence-corrected chi connectivity index (χ3v) is 7.29. The highest BCUT2D eigenvalue weighted by Gasteiger charge is 2.68. The second kappa shape index (κ2) is 5.33. The Labute approximate surface area is 141 Å². The van der Waals surface area contributed by atoms with Crippen LogP contribution in [0.1, 0.15) is 61.3 Å². The number of methoxy groups -OCH3 is 1. The Hall–Kier alpha value is -1.36. The molecule has 0 bridgehead atoms. The summed E-state index contributed by atoms with van der Waals surface area (Å²) in [4.78, 5) is 26.2. The third kappa shape index (κ3) is 2.40. The molecule has 0 aromatic carbocycles. The lowest BCUT2D eigenvalue weighted by Crippen LogP contribution is -2.19. The molecule has 0 spiro atoms. The van der Waals surface area contributed by atoms with Crippen LogP contribution in [0.25, 0.3) is 0 Å². The van der Waals surface area contributed by atoms with Crippen LogP contribution in [0.5, 0.6) is 0 Å². The van der Waals surface area contributed by atoms with Crippen molar-refractivity contribution >= 4 is 28.2 Å². The van der Waals surface area contributed by atoms with E-state index in [4.69, 9.17) is 4.74 Å². The Bertz CT molecular complexity index is 658. The minimum Gasteiger partial charge on any atom is -0.465 e. The molecule has 0 atom stereocenters. The van der Waals surface area contributed by atoms with Gasteiger partial charge in [0.2, 0.25) is 5.91 Å². The fraction of sp³-hybridized carbons (Fsp3) is 0.667. The third-order valence-electron chi connectivity index (χ3n) is 6.08. The summed E-state index contributed by atoms with van der Waals surface area (Å²) in [6, 6.07) is 0. The molecular formula is C18H25NO3S. The van der Waals surface area contributed by atoms with Gasteiger partial charge in [-0.2, -0.15) is 0 Å². The Morgan fingerprint density at radius 2 is 1.74 bits per heavy atom. The van der Waals surface area contributed by atoms with Gasteiger partial charge in [0, 0.05) is 10.8 Å². The molecule has 4 nitrogen and oxygen atoms in total. The number of esters is 1. The topological polar surface area (TPSA) is 55.4 Å². The maximum Gasteiger partial charge on any atom is 0.341 e. The van der Waals surface area contributed by atoms with Crippen LogP contribution >= 0.6 is 11.3 Å². The zero-order valence-electron chi connectivity index (χ0n) is 14.5. The average molecular weight is 335 g/mol. The van der Waals surface area contributed by atoms with Crippen LogP contribution in [-0.2, 0) is 22.4 Å². The lowest BCUT2D eigenvalue weighted by Gasteiger charge is -2.12. The first-order valence-corrected chi connectivity index (χ1v) is 9.07. The smallest absolute Gasteiger partial charge is 0.341 e. The van der Waals surface area contributed by atoms with Crippen LogP contribution in [0, 0.1) is 16.7 Å². The van der Waals surface area contributed by atoms with E-state index < -0.39 is 0 Å². The van der Waals surface area contributed by atoms with E-state index in [-0.39, 0.29) is 28.6 Å². The molecule has 126 valence electrons. The van der Waals surface area contributed by atoms with Crippen molar-refractivity contribution in [3.8, 4) is 0 Å². The maximum absolute atomic E-state index is 12.7. The first kappa shape index (κ1) is 16.5. The number of aryl methyl sites for hydroxylation is 1. The van der Waals surface area contributed by atoms with Crippen molar-refractivity contribution in [1.29, 1.82) is 0 Å². The van der Waals surface area contributed by atoms with Crippen molar-refractivity contribution in [3.05, 3.63) is 16.0 Å². The minimum atomic E-state index is -0.339. The molecule has 5 heteroatoms. The SMILES string of the molecule is COC(=O)c1c(NC(=O)C2C(C)(C)C2(C)C)sc2c1CCCC2. The molecule has 1 aromatic heterocycles. The number of thiophene rings is 1. The summed E-state index contributed by atoms with van der Waals surface area (Å²) in [5.41, 5.74) is 1.63. The molecule has 3 rings (SSSR count). The zero-order chi connectivity index (χ0) is 17.0. The summed E-state index contributed by atoms with van der Waals surface area (Å²) < 4.78 is 4.96. The quantitative estimate of drug-likeness (QED) is 0.848. The van der Waals surface area contributed by atoms with Gasteiger partial charge < -0.3 is 10.1 Å². The molecule has 0 unspecified atom stereocenters. The van der Waals surface area contributed by atoms with Gasteiger partial charge in [0.15, 0.2) is 0 Å². The maximum atomic E-state index is 12.7. The number of carbonyl (C=O) groups is 2. The zero-order valence-corrected chi connectivity index (χ0v) is 15.4. The van der Waals surface area contributed by atoms with E-state index in [1.54, 1.807) is 11.3 Å². The lowest BCUT2D eigenvalue weighted by atomic mass is 9.95. The Morgan fingerprint density at radius 1 is 1.13 bits per heavy atom. The highest BCUT2D eigenvalue weighted by Crippen LogP contribution is 2.68. The number of amides is 1. The number of anilines is 1. The van der Waals surface area contributed by atoms with E-state index in [0.29, 0.717) is 10.6 Å². The van der Waals surface area contributed by atoms with E-state index in [9.17, 15) is 9.59 Å². The fourth-order valence-electron chi connectivity index (χ4n) is 4.01. The monoisotopic (exact) mass is 335 g/mol. The number of fused-ring (bicyclic) bond motifs is 1. The number of hydrogen-bond acceptors (Lipinski definition) is 4. The molecule has 1 aromatic rings. The Balaban J connectivity index is 1.90. The summed E-state index contributed by atoms with van der Waals surface area (Å²) in [6.45, 7) is 8.49. The molecule has 0 radical (unpaired) electrons. The number of nitrogens with one attached hydrogen (secondary N) is 1. The molecule has 1 amide bonds. The Morgan fingerprint density at radius 3 is 2.30 bits per heavy atom. The molecule has 0 aliphatic heterocycles. The van der Waals surface area contributed by atoms with Gasteiger partial charge in [-0.05, 0) is 42.1 Å². The normalized spacial score (nSPS) is 21.4. The largest absolute Gasteiger partial charge is 0.465 e. The molecule has 1 heterocycles. The van der Waals surface area contributed by atoms with Crippen molar-refractivity contribution in [1.82, 2.24) is 0 Å². The van der Waals surface area contributed by atoms with Crippen molar-refractivity contribution in [2.75, 3.05) is 12.4 Å². The summed E-state index contributed by atoms with van der Waals surface area (Å²) in [7, 11) is 1.40. The second-order valence-corrected chi connectivity index (χ2v) is 8.88.